The Bertz CT molecular complexity index is 1020. The van der Waals surface area contributed by atoms with Gasteiger partial charge in [0, 0.05) is 11.5 Å². The standard InChI is InChI=1S/C20H25N5O7S2/c1-6-10-7-34-16-11(15(27)25(16)12(10)17(28)29)22-14(26)13(24-31-5)20(8-33-9-21-20)23-18(30)32-19(2,3)4/h6,9,11,16H,1,7-8H2,2-5H3,(H,22,26)(H,23,30)(H,28,29)/b24-13+/t11?,16-,20?/m1/s1. The van der Waals surface area contributed by atoms with Crippen LogP contribution in [-0.4, -0.2) is 86.4 Å². The summed E-state index contributed by atoms with van der Waals surface area (Å²) in [4.78, 5) is 60.4. The number of carboxylic acids is 1. The molecule has 14 heteroatoms. The molecule has 0 radical (unpaired) electrons. The highest BCUT2D eigenvalue weighted by atomic mass is 32.2. The molecule has 0 aromatic heterocycles. The molecular formula is C20H25N5O7S2. The zero-order valence-electron chi connectivity index (χ0n) is 19.0. The maximum absolute atomic E-state index is 13.2. The molecule has 34 heavy (non-hydrogen) atoms. The summed E-state index contributed by atoms with van der Waals surface area (Å²) < 4.78 is 5.30. The molecule has 0 aromatic rings. The lowest BCUT2D eigenvalue weighted by molar-refractivity contribution is -0.150. The van der Waals surface area contributed by atoms with Crippen molar-refractivity contribution < 1.29 is 33.9 Å². The lowest BCUT2D eigenvalue weighted by Crippen LogP contribution is -2.72. The number of carbonyl (C=O) groups is 4. The molecule has 184 valence electrons. The molecule has 3 N–H and O–H groups in total. The number of oxime groups is 1. The SMILES string of the molecule is C=CC1=C(C(=O)O)N2C(=O)C(NC(=O)/C(=N\OC)C3(NC(=O)OC(C)(C)C)CSC=N3)[C@H]2SC1. The Morgan fingerprint density at radius 2 is 2.12 bits per heavy atom. The van der Waals surface area contributed by atoms with Crippen molar-refractivity contribution in [2.75, 3.05) is 18.6 Å². The number of fused-ring (bicyclic) bond motifs is 1. The first kappa shape index (κ1) is 25.6. The Kier molecular flexibility index (Phi) is 7.31. The molecule has 1 fully saturated rings. The Labute approximate surface area is 204 Å². The van der Waals surface area contributed by atoms with Crippen molar-refractivity contribution in [2.24, 2.45) is 10.1 Å². The number of aliphatic imine (C=N–C) groups is 1. The monoisotopic (exact) mass is 511 g/mol. The van der Waals surface area contributed by atoms with E-state index in [-0.39, 0.29) is 17.2 Å². The lowest BCUT2D eigenvalue weighted by Gasteiger charge is -2.49. The number of aliphatic carboxylic acids is 1. The van der Waals surface area contributed by atoms with Gasteiger partial charge in [0.25, 0.3) is 11.8 Å². The normalized spacial score (nSPS) is 26.4. The van der Waals surface area contributed by atoms with Crippen LogP contribution in [0.2, 0.25) is 0 Å². The molecule has 12 nitrogen and oxygen atoms in total. The molecule has 3 rings (SSSR count). The van der Waals surface area contributed by atoms with Gasteiger partial charge in [0.2, 0.25) is 0 Å². The first-order valence-electron chi connectivity index (χ1n) is 10.1. The summed E-state index contributed by atoms with van der Waals surface area (Å²) in [6.07, 6.45) is 0.586. The third-order valence-electron chi connectivity index (χ3n) is 4.87. The van der Waals surface area contributed by atoms with Gasteiger partial charge < -0.3 is 20.0 Å². The van der Waals surface area contributed by atoms with Gasteiger partial charge in [-0.25, -0.2) is 9.59 Å². The molecule has 2 unspecified atom stereocenters. The first-order valence-corrected chi connectivity index (χ1v) is 12.2. The third-order valence-corrected chi connectivity index (χ3v) is 7.01. The highest BCUT2D eigenvalue weighted by Crippen LogP contribution is 2.40. The molecule has 0 aromatic carbocycles. The van der Waals surface area contributed by atoms with E-state index in [0.29, 0.717) is 11.3 Å². The maximum Gasteiger partial charge on any atom is 0.409 e. The second kappa shape index (κ2) is 9.70. The van der Waals surface area contributed by atoms with Crippen LogP contribution in [0.4, 0.5) is 4.79 Å². The van der Waals surface area contributed by atoms with Crippen LogP contribution in [0.1, 0.15) is 20.8 Å². The van der Waals surface area contributed by atoms with Crippen LogP contribution in [0.15, 0.2) is 34.1 Å². The predicted octanol–water partition coefficient (Wildman–Crippen LogP) is 0.910. The Morgan fingerprint density at radius 1 is 1.41 bits per heavy atom. The number of ether oxygens (including phenoxy) is 1. The fourth-order valence-corrected chi connectivity index (χ4v) is 5.65. The van der Waals surface area contributed by atoms with Crippen molar-refractivity contribution >= 4 is 58.7 Å². The van der Waals surface area contributed by atoms with Crippen molar-refractivity contribution in [3.63, 3.8) is 0 Å². The zero-order valence-corrected chi connectivity index (χ0v) is 20.6. The van der Waals surface area contributed by atoms with E-state index in [2.05, 4.69) is 27.4 Å². The van der Waals surface area contributed by atoms with Gasteiger partial charge in [-0.3, -0.25) is 24.8 Å². The van der Waals surface area contributed by atoms with Gasteiger partial charge in [-0.2, -0.15) is 0 Å². The highest BCUT2D eigenvalue weighted by Gasteiger charge is 2.55. The second-order valence-electron chi connectivity index (χ2n) is 8.40. The number of hydrogen-bond donors (Lipinski definition) is 3. The van der Waals surface area contributed by atoms with Crippen LogP contribution in [0.3, 0.4) is 0 Å². The van der Waals surface area contributed by atoms with E-state index in [9.17, 15) is 24.3 Å². The molecule has 3 amide bonds. The number of β-lactam (4-membered cyclic amide) rings is 1. The van der Waals surface area contributed by atoms with Gasteiger partial charge >= 0.3 is 12.1 Å². The van der Waals surface area contributed by atoms with Gasteiger partial charge in [0.05, 0.1) is 5.55 Å². The van der Waals surface area contributed by atoms with Crippen LogP contribution >= 0.6 is 23.5 Å². The lowest BCUT2D eigenvalue weighted by atomic mass is 10.0. The second-order valence-corrected chi connectivity index (χ2v) is 10.3. The quantitative estimate of drug-likeness (QED) is 0.256. The highest BCUT2D eigenvalue weighted by molar-refractivity contribution is 8.12. The fourth-order valence-electron chi connectivity index (χ4n) is 3.46. The van der Waals surface area contributed by atoms with E-state index in [4.69, 9.17) is 9.57 Å². The van der Waals surface area contributed by atoms with Crippen LogP contribution in [0, 0.1) is 0 Å². The molecular weight excluding hydrogens is 486 g/mol. The Morgan fingerprint density at radius 3 is 2.65 bits per heavy atom. The number of allylic oxidation sites excluding steroid dienone is 1. The minimum Gasteiger partial charge on any atom is -0.477 e. The molecule has 0 spiro atoms. The predicted molar refractivity (Wildman–Crippen MR) is 127 cm³/mol. The van der Waals surface area contributed by atoms with Crippen molar-refractivity contribution in [2.45, 2.75) is 43.5 Å². The Balaban J connectivity index is 1.81. The number of carboxylic acid groups (broad SMARTS) is 1. The van der Waals surface area contributed by atoms with Crippen molar-refractivity contribution in [3.05, 3.63) is 23.9 Å². The number of nitrogens with zero attached hydrogens (tertiary/aromatic N) is 3. The fraction of sp³-hybridized carbons (Fsp3) is 0.500. The summed E-state index contributed by atoms with van der Waals surface area (Å²) >= 11 is 2.54. The number of amides is 3. The summed E-state index contributed by atoms with van der Waals surface area (Å²) in [5, 5.41) is 17.9. The smallest absolute Gasteiger partial charge is 0.409 e. The molecule has 1 saturated heterocycles. The van der Waals surface area contributed by atoms with Gasteiger partial charge in [0.1, 0.15) is 29.8 Å². The average Bonchev–Trinajstić information content (AvgIpc) is 3.21. The average molecular weight is 512 g/mol. The van der Waals surface area contributed by atoms with Crippen LogP contribution in [0.5, 0.6) is 0 Å². The molecule has 3 heterocycles. The van der Waals surface area contributed by atoms with Gasteiger partial charge in [0.15, 0.2) is 11.4 Å². The zero-order chi connectivity index (χ0) is 25.3. The number of nitrogens with one attached hydrogen (secondary N) is 2. The van der Waals surface area contributed by atoms with E-state index in [0.717, 1.165) is 4.90 Å². The topological polar surface area (TPSA) is 159 Å². The number of rotatable bonds is 7. The molecule has 0 aliphatic carbocycles. The molecule has 3 atom stereocenters. The number of alkyl carbamates (subject to hydrolysis) is 1. The maximum atomic E-state index is 13.2. The number of carbonyl (C=O) groups excluding carboxylic acids is 3. The minimum atomic E-state index is -1.58. The summed E-state index contributed by atoms with van der Waals surface area (Å²) in [5.41, 5.74) is -0.923. The van der Waals surface area contributed by atoms with Crippen molar-refractivity contribution in [1.82, 2.24) is 15.5 Å². The van der Waals surface area contributed by atoms with Crippen LogP contribution in [-0.2, 0) is 24.0 Å². The minimum absolute atomic E-state index is 0.138. The third kappa shape index (κ3) is 4.92. The molecule has 3 aliphatic rings. The van der Waals surface area contributed by atoms with Crippen LogP contribution in [0.25, 0.3) is 0 Å². The van der Waals surface area contributed by atoms with E-state index in [1.54, 1.807) is 20.8 Å². The van der Waals surface area contributed by atoms with Crippen LogP contribution < -0.4 is 10.6 Å². The van der Waals surface area contributed by atoms with Crippen molar-refractivity contribution in [3.8, 4) is 0 Å². The Hall–Kier alpha value is -3.00. The summed E-state index contributed by atoms with van der Waals surface area (Å²) in [5.74, 6) is -2.18. The van der Waals surface area contributed by atoms with Gasteiger partial charge in [-0.1, -0.05) is 17.8 Å². The van der Waals surface area contributed by atoms with Gasteiger partial charge in [-0.05, 0) is 26.3 Å². The van der Waals surface area contributed by atoms with E-state index < -0.39 is 46.6 Å². The summed E-state index contributed by atoms with van der Waals surface area (Å²) in [7, 11) is 1.23. The van der Waals surface area contributed by atoms with E-state index in [1.807, 2.05) is 0 Å². The largest absolute Gasteiger partial charge is 0.477 e. The molecule has 0 saturated carbocycles. The molecule has 3 aliphatic heterocycles. The molecule has 0 bridgehead atoms. The number of thioether (sulfide) groups is 2. The number of hydrogen-bond acceptors (Lipinski definition) is 10. The summed E-state index contributed by atoms with van der Waals surface area (Å²) in [6, 6.07) is -1.00. The van der Waals surface area contributed by atoms with E-state index in [1.165, 1.54) is 42.3 Å². The van der Waals surface area contributed by atoms with Gasteiger partial charge in [-0.15, -0.1) is 23.5 Å². The van der Waals surface area contributed by atoms with Crippen molar-refractivity contribution in [1.29, 1.82) is 0 Å². The van der Waals surface area contributed by atoms with E-state index >= 15 is 0 Å². The first-order chi connectivity index (χ1) is 15.9. The summed E-state index contributed by atoms with van der Waals surface area (Å²) in [6.45, 7) is 8.67.